The van der Waals surface area contributed by atoms with Crippen LogP contribution in [0.1, 0.15) is 5.56 Å². The summed E-state index contributed by atoms with van der Waals surface area (Å²) in [6.45, 7) is 1.68. The molecule has 0 unspecified atom stereocenters. The van der Waals surface area contributed by atoms with Gasteiger partial charge in [0.2, 0.25) is 11.8 Å². The van der Waals surface area contributed by atoms with Gasteiger partial charge in [0.05, 0.1) is 12.8 Å². The van der Waals surface area contributed by atoms with E-state index in [4.69, 9.17) is 10.5 Å². The Labute approximate surface area is 114 Å². The van der Waals surface area contributed by atoms with Crippen molar-refractivity contribution in [3.63, 3.8) is 0 Å². The van der Waals surface area contributed by atoms with Gasteiger partial charge >= 0.3 is 0 Å². The number of hydrogen-bond acceptors (Lipinski definition) is 5. The quantitative estimate of drug-likeness (QED) is 0.771. The van der Waals surface area contributed by atoms with E-state index in [0.717, 1.165) is 0 Å². The van der Waals surface area contributed by atoms with Crippen molar-refractivity contribution in [3.8, 4) is 11.6 Å². The van der Waals surface area contributed by atoms with Crippen LogP contribution in [0.25, 0.3) is 16.9 Å². The van der Waals surface area contributed by atoms with Gasteiger partial charge in [0.25, 0.3) is 0 Å². The Morgan fingerprint density at radius 2 is 2.10 bits per heavy atom. The Morgan fingerprint density at radius 1 is 1.30 bits per heavy atom. The summed E-state index contributed by atoms with van der Waals surface area (Å²) in [5, 5.41) is 0. The van der Waals surface area contributed by atoms with Crippen LogP contribution in [0.2, 0.25) is 0 Å². The number of halogens is 1. The van der Waals surface area contributed by atoms with Crippen LogP contribution >= 0.6 is 0 Å². The molecule has 2 aromatic heterocycles. The first-order valence-corrected chi connectivity index (χ1v) is 5.91. The van der Waals surface area contributed by atoms with Crippen LogP contribution in [-0.2, 0) is 0 Å². The summed E-state index contributed by atoms with van der Waals surface area (Å²) in [5.74, 6) is 0.313. The van der Waals surface area contributed by atoms with Crippen molar-refractivity contribution < 1.29 is 9.13 Å². The number of hydrogen-bond donors (Lipinski definition) is 1. The fraction of sp³-hybridized carbons (Fsp3) is 0.154. The highest BCUT2D eigenvalue weighted by molar-refractivity contribution is 5.81. The van der Waals surface area contributed by atoms with Gasteiger partial charge in [0.15, 0.2) is 11.2 Å². The van der Waals surface area contributed by atoms with Gasteiger partial charge in [-0.25, -0.2) is 14.4 Å². The highest BCUT2D eigenvalue weighted by Crippen LogP contribution is 2.26. The number of aromatic nitrogens is 4. The Bertz CT molecular complexity index is 799. The lowest BCUT2D eigenvalue weighted by molar-refractivity contribution is 0.401. The molecule has 3 rings (SSSR count). The molecule has 0 saturated heterocycles. The summed E-state index contributed by atoms with van der Waals surface area (Å²) in [5.41, 5.74) is 8.12. The number of rotatable bonds is 2. The molecular formula is C13H12FN5O. The normalized spacial score (nSPS) is 10.9. The number of anilines is 1. The number of ether oxygens (including phenoxy) is 1. The van der Waals surface area contributed by atoms with Crippen molar-refractivity contribution in [1.82, 2.24) is 19.5 Å². The van der Waals surface area contributed by atoms with E-state index in [2.05, 4.69) is 15.0 Å². The standard InChI is InChI=1S/C13H12FN5O/c1-7-5-8(3-4-9(7)14)19-11-10(18-13(19)15)12(20-2)17-6-16-11/h3-6H,1-2H3,(H2,15,18). The molecule has 1 aromatic carbocycles. The molecule has 0 radical (unpaired) electrons. The first-order chi connectivity index (χ1) is 9.61. The molecule has 0 aliphatic heterocycles. The van der Waals surface area contributed by atoms with Gasteiger partial charge in [0, 0.05) is 0 Å². The van der Waals surface area contributed by atoms with Crippen molar-refractivity contribution >= 4 is 17.1 Å². The van der Waals surface area contributed by atoms with Crippen LogP contribution in [0, 0.1) is 12.7 Å². The van der Waals surface area contributed by atoms with E-state index in [1.54, 1.807) is 23.6 Å². The van der Waals surface area contributed by atoms with E-state index in [0.29, 0.717) is 28.3 Å². The molecule has 0 aliphatic rings. The zero-order valence-corrected chi connectivity index (χ0v) is 11.0. The molecule has 20 heavy (non-hydrogen) atoms. The van der Waals surface area contributed by atoms with Crippen LogP contribution in [0.5, 0.6) is 5.88 Å². The molecule has 0 atom stereocenters. The average Bonchev–Trinajstić information content (AvgIpc) is 2.78. The number of nitrogens with zero attached hydrogens (tertiary/aromatic N) is 4. The SMILES string of the molecule is COc1ncnc2c1nc(N)n2-c1ccc(F)c(C)c1. The van der Waals surface area contributed by atoms with E-state index >= 15 is 0 Å². The number of nitrogen functional groups attached to an aromatic ring is 1. The summed E-state index contributed by atoms with van der Waals surface area (Å²) in [4.78, 5) is 12.4. The van der Waals surface area contributed by atoms with E-state index in [-0.39, 0.29) is 11.8 Å². The molecule has 0 spiro atoms. The van der Waals surface area contributed by atoms with Crippen molar-refractivity contribution in [1.29, 1.82) is 0 Å². The van der Waals surface area contributed by atoms with Crippen molar-refractivity contribution in [2.24, 2.45) is 0 Å². The Balaban J connectivity index is 2.30. The monoisotopic (exact) mass is 273 g/mol. The fourth-order valence-electron chi connectivity index (χ4n) is 2.06. The van der Waals surface area contributed by atoms with Crippen LogP contribution in [0.15, 0.2) is 24.5 Å². The molecular weight excluding hydrogens is 261 g/mol. The maximum absolute atomic E-state index is 13.4. The molecule has 2 heterocycles. The molecule has 7 heteroatoms. The van der Waals surface area contributed by atoms with Crippen LogP contribution in [0.4, 0.5) is 10.3 Å². The van der Waals surface area contributed by atoms with Gasteiger partial charge in [-0.1, -0.05) is 0 Å². The summed E-state index contributed by atoms with van der Waals surface area (Å²) in [6, 6.07) is 4.68. The highest BCUT2D eigenvalue weighted by atomic mass is 19.1. The summed E-state index contributed by atoms with van der Waals surface area (Å²) in [6.07, 6.45) is 1.37. The third kappa shape index (κ3) is 1.75. The first kappa shape index (κ1) is 12.3. The molecule has 0 bridgehead atoms. The van der Waals surface area contributed by atoms with Crippen LogP contribution in [-0.4, -0.2) is 26.6 Å². The molecule has 3 aromatic rings. The lowest BCUT2D eigenvalue weighted by atomic mass is 10.2. The Kier molecular flexibility index (Phi) is 2.74. The van der Waals surface area contributed by atoms with Crippen molar-refractivity contribution in [2.75, 3.05) is 12.8 Å². The number of methoxy groups -OCH3 is 1. The smallest absolute Gasteiger partial charge is 0.245 e. The Hall–Kier alpha value is -2.70. The number of aryl methyl sites for hydroxylation is 1. The van der Waals surface area contributed by atoms with Crippen LogP contribution < -0.4 is 10.5 Å². The highest BCUT2D eigenvalue weighted by Gasteiger charge is 2.16. The second-order valence-corrected chi connectivity index (χ2v) is 4.29. The third-order valence-corrected chi connectivity index (χ3v) is 3.03. The van der Waals surface area contributed by atoms with Crippen LogP contribution in [0.3, 0.4) is 0 Å². The van der Waals surface area contributed by atoms with E-state index < -0.39 is 0 Å². The maximum Gasteiger partial charge on any atom is 0.245 e. The van der Waals surface area contributed by atoms with E-state index in [9.17, 15) is 4.39 Å². The van der Waals surface area contributed by atoms with Gasteiger partial charge < -0.3 is 10.5 Å². The summed E-state index contributed by atoms with van der Waals surface area (Å²) < 4.78 is 20.1. The molecule has 102 valence electrons. The lowest BCUT2D eigenvalue weighted by Crippen LogP contribution is -2.02. The summed E-state index contributed by atoms with van der Waals surface area (Å²) >= 11 is 0. The minimum Gasteiger partial charge on any atom is -0.479 e. The molecule has 0 saturated carbocycles. The lowest BCUT2D eigenvalue weighted by Gasteiger charge is -2.07. The van der Waals surface area contributed by atoms with Gasteiger partial charge in [-0.05, 0) is 30.7 Å². The maximum atomic E-state index is 13.4. The van der Waals surface area contributed by atoms with Crippen molar-refractivity contribution in [2.45, 2.75) is 6.92 Å². The average molecular weight is 273 g/mol. The zero-order chi connectivity index (χ0) is 14.3. The predicted molar refractivity (Wildman–Crippen MR) is 72.3 cm³/mol. The van der Waals surface area contributed by atoms with Gasteiger partial charge in [-0.15, -0.1) is 0 Å². The largest absolute Gasteiger partial charge is 0.479 e. The van der Waals surface area contributed by atoms with E-state index in [1.165, 1.54) is 19.5 Å². The van der Waals surface area contributed by atoms with Crippen molar-refractivity contribution in [3.05, 3.63) is 35.9 Å². The molecule has 0 amide bonds. The molecule has 2 N–H and O–H groups in total. The van der Waals surface area contributed by atoms with Gasteiger partial charge in [-0.2, -0.15) is 4.98 Å². The summed E-state index contributed by atoms with van der Waals surface area (Å²) in [7, 11) is 1.50. The molecule has 0 fully saturated rings. The zero-order valence-electron chi connectivity index (χ0n) is 11.0. The predicted octanol–water partition coefficient (Wildman–Crippen LogP) is 1.85. The van der Waals surface area contributed by atoms with E-state index in [1.807, 2.05) is 0 Å². The number of imidazole rings is 1. The Morgan fingerprint density at radius 3 is 2.80 bits per heavy atom. The minimum atomic E-state index is -0.274. The molecule has 0 aliphatic carbocycles. The third-order valence-electron chi connectivity index (χ3n) is 3.03. The second kappa shape index (κ2) is 4.44. The first-order valence-electron chi connectivity index (χ1n) is 5.91. The molecule has 6 nitrogen and oxygen atoms in total. The number of benzene rings is 1. The number of fused-ring (bicyclic) bond motifs is 1. The second-order valence-electron chi connectivity index (χ2n) is 4.29. The van der Waals surface area contributed by atoms with Gasteiger partial charge in [0.1, 0.15) is 12.1 Å². The fourth-order valence-corrected chi connectivity index (χ4v) is 2.06. The topological polar surface area (TPSA) is 78.8 Å². The number of nitrogens with two attached hydrogens (primary N) is 1. The van der Waals surface area contributed by atoms with Gasteiger partial charge in [-0.3, -0.25) is 4.57 Å². The minimum absolute atomic E-state index is 0.241.